The Labute approximate surface area is 209 Å². The highest BCUT2D eigenvalue weighted by Crippen LogP contribution is 2.32. The van der Waals surface area contributed by atoms with Crippen LogP contribution in [0.5, 0.6) is 0 Å². The number of halogens is 3. The molecule has 0 aromatic heterocycles. The maximum Gasteiger partial charge on any atom is 0.215 e. The SMILES string of the molecule is CCCN(CN(C)c1c(F)cccc1Cl)c1cc(N(C)/N=C(/CO)N(C=O)CC)c(F)cc1C=O. The lowest BCUT2D eigenvalue weighted by molar-refractivity contribution is -0.114. The number of nitrogens with zero attached hydrogens (tertiary/aromatic N) is 5. The second-order valence-electron chi connectivity index (χ2n) is 7.74. The third-order valence-corrected chi connectivity index (χ3v) is 5.62. The van der Waals surface area contributed by atoms with Gasteiger partial charge in [-0.2, -0.15) is 5.10 Å². The highest BCUT2D eigenvalue weighted by molar-refractivity contribution is 6.33. The maximum atomic E-state index is 15.0. The number of amidine groups is 1. The lowest BCUT2D eigenvalue weighted by Gasteiger charge is -2.33. The fourth-order valence-electron chi connectivity index (χ4n) is 3.62. The van der Waals surface area contributed by atoms with Gasteiger partial charge in [0.15, 0.2) is 12.1 Å². The van der Waals surface area contributed by atoms with Crippen molar-refractivity contribution < 1.29 is 23.5 Å². The van der Waals surface area contributed by atoms with Gasteiger partial charge in [0.2, 0.25) is 6.41 Å². The Morgan fingerprint density at radius 1 is 1.11 bits per heavy atom. The monoisotopic (exact) mass is 509 g/mol. The summed E-state index contributed by atoms with van der Waals surface area (Å²) in [6.45, 7) is 4.02. The lowest BCUT2D eigenvalue weighted by Crippen LogP contribution is -2.37. The summed E-state index contributed by atoms with van der Waals surface area (Å²) in [5.74, 6) is -1.17. The van der Waals surface area contributed by atoms with Crippen LogP contribution in [0.3, 0.4) is 0 Å². The van der Waals surface area contributed by atoms with Gasteiger partial charge in [0.1, 0.15) is 18.2 Å². The van der Waals surface area contributed by atoms with Gasteiger partial charge in [-0.15, -0.1) is 0 Å². The van der Waals surface area contributed by atoms with Crippen molar-refractivity contribution in [2.24, 2.45) is 5.10 Å². The first kappa shape index (κ1) is 28.0. The largest absolute Gasteiger partial charge is 0.388 e. The van der Waals surface area contributed by atoms with Crippen molar-refractivity contribution in [3.05, 3.63) is 52.6 Å². The maximum absolute atomic E-state index is 15.0. The average Bonchev–Trinajstić information content (AvgIpc) is 2.83. The molecule has 190 valence electrons. The standard InChI is InChI=1S/C24H30ClF2N5O3/c1-5-10-32(15-29(3)24-18(25)8-7-9-19(24)26)21-12-22(20(27)11-17(21)13-33)30(4)28-23(14-34)31(6-2)16-35/h7-9,11-13,16,34H,5-6,10,14-15H2,1-4H3/b28-23-. The minimum absolute atomic E-state index is 0.0196. The lowest BCUT2D eigenvalue weighted by atomic mass is 10.1. The fourth-order valence-corrected chi connectivity index (χ4v) is 3.93. The van der Waals surface area contributed by atoms with Gasteiger partial charge in [0.05, 0.1) is 28.8 Å². The van der Waals surface area contributed by atoms with Crippen LogP contribution in [0, 0.1) is 11.6 Å². The molecule has 2 aromatic carbocycles. The van der Waals surface area contributed by atoms with Gasteiger partial charge < -0.3 is 14.9 Å². The number of hydrogen-bond donors (Lipinski definition) is 1. The summed E-state index contributed by atoms with van der Waals surface area (Å²) in [7, 11) is 3.13. The summed E-state index contributed by atoms with van der Waals surface area (Å²) in [6.07, 6.45) is 1.76. The molecular formula is C24H30ClF2N5O3. The number of aldehydes is 1. The molecule has 0 saturated carbocycles. The molecule has 0 fully saturated rings. The van der Waals surface area contributed by atoms with Crippen molar-refractivity contribution in [1.82, 2.24) is 4.90 Å². The summed E-state index contributed by atoms with van der Waals surface area (Å²) in [5, 5.41) is 15.2. The van der Waals surface area contributed by atoms with E-state index in [1.54, 1.807) is 24.9 Å². The molecule has 0 unspecified atom stereocenters. The molecule has 0 aliphatic carbocycles. The molecule has 2 aromatic rings. The van der Waals surface area contributed by atoms with E-state index in [9.17, 15) is 23.5 Å². The summed E-state index contributed by atoms with van der Waals surface area (Å²) >= 11 is 6.21. The van der Waals surface area contributed by atoms with Crippen molar-refractivity contribution in [2.75, 3.05) is 55.3 Å². The molecule has 0 saturated heterocycles. The van der Waals surface area contributed by atoms with Crippen LogP contribution in [0.4, 0.5) is 25.8 Å². The number of para-hydroxylation sites is 1. The molecule has 0 atom stereocenters. The first-order chi connectivity index (χ1) is 16.7. The minimum atomic E-state index is -0.713. The molecule has 1 N–H and O–H groups in total. The highest BCUT2D eigenvalue weighted by atomic mass is 35.5. The van der Waals surface area contributed by atoms with E-state index in [0.29, 0.717) is 31.3 Å². The molecular weight excluding hydrogens is 480 g/mol. The first-order valence-electron chi connectivity index (χ1n) is 11.0. The number of aliphatic hydroxyl groups is 1. The number of carbonyl (C=O) groups is 2. The van der Waals surface area contributed by atoms with Crippen LogP contribution in [0.1, 0.15) is 30.6 Å². The zero-order valence-electron chi connectivity index (χ0n) is 20.2. The zero-order valence-corrected chi connectivity index (χ0v) is 21.0. The molecule has 0 aliphatic heterocycles. The molecule has 0 radical (unpaired) electrons. The third kappa shape index (κ3) is 6.67. The summed E-state index contributed by atoms with van der Waals surface area (Å²) < 4.78 is 29.4. The van der Waals surface area contributed by atoms with Crippen LogP contribution < -0.4 is 14.8 Å². The van der Waals surface area contributed by atoms with Crippen LogP contribution in [-0.2, 0) is 4.79 Å². The van der Waals surface area contributed by atoms with E-state index in [0.717, 1.165) is 6.07 Å². The number of aliphatic hydroxyl groups excluding tert-OH is 1. The normalized spacial score (nSPS) is 11.3. The van der Waals surface area contributed by atoms with Crippen LogP contribution in [0.2, 0.25) is 5.02 Å². The van der Waals surface area contributed by atoms with Gasteiger partial charge in [-0.1, -0.05) is 24.6 Å². The van der Waals surface area contributed by atoms with Crippen LogP contribution in [0.25, 0.3) is 0 Å². The number of likely N-dealkylation sites (N-methyl/N-ethyl adjacent to an activating group) is 1. The van der Waals surface area contributed by atoms with E-state index in [4.69, 9.17) is 11.6 Å². The Hall–Kier alpha value is -3.24. The number of hydrogen-bond acceptors (Lipinski definition) is 7. The predicted octanol–water partition coefficient (Wildman–Crippen LogP) is 3.96. The first-order valence-corrected chi connectivity index (χ1v) is 11.4. The number of amides is 1. The number of benzene rings is 2. The van der Waals surface area contributed by atoms with Gasteiger partial charge >= 0.3 is 0 Å². The highest BCUT2D eigenvalue weighted by Gasteiger charge is 2.21. The topological polar surface area (TPSA) is 79.7 Å². The molecule has 0 bridgehead atoms. The van der Waals surface area contributed by atoms with Gasteiger partial charge in [-0.25, -0.2) is 8.78 Å². The van der Waals surface area contributed by atoms with Gasteiger partial charge in [-0.05, 0) is 37.6 Å². The van der Waals surface area contributed by atoms with Crippen LogP contribution in [0.15, 0.2) is 35.4 Å². The second kappa shape index (κ2) is 13.0. The van der Waals surface area contributed by atoms with Crippen molar-refractivity contribution in [1.29, 1.82) is 0 Å². The van der Waals surface area contributed by atoms with E-state index >= 15 is 0 Å². The van der Waals surface area contributed by atoms with E-state index in [1.165, 1.54) is 35.2 Å². The van der Waals surface area contributed by atoms with Gasteiger partial charge in [0, 0.05) is 32.7 Å². The van der Waals surface area contributed by atoms with Crippen LogP contribution >= 0.6 is 11.6 Å². The van der Waals surface area contributed by atoms with Gasteiger partial charge in [0.25, 0.3) is 0 Å². The molecule has 1 amide bonds. The predicted molar refractivity (Wildman–Crippen MR) is 135 cm³/mol. The zero-order chi connectivity index (χ0) is 26.1. The molecule has 11 heteroatoms. The average molecular weight is 510 g/mol. The summed E-state index contributed by atoms with van der Waals surface area (Å²) in [6, 6.07) is 6.95. The fraction of sp³-hybridized carbons (Fsp3) is 0.375. The molecule has 0 aliphatic rings. The molecule has 35 heavy (non-hydrogen) atoms. The Morgan fingerprint density at radius 3 is 2.37 bits per heavy atom. The van der Waals surface area contributed by atoms with E-state index in [-0.39, 0.29) is 41.0 Å². The van der Waals surface area contributed by atoms with E-state index in [2.05, 4.69) is 5.10 Å². The number of carbonyl (C=O) groups excluding carboxylic acids is 2. The number of anilines is 3. The summed E-state index contributed by atoms with van der Waals surface area (Å²) in [4.78, 5) is 27.7. The smallest absolute Gasteiger partial charge is 0.215 e. The molecule has 2 rings (SSSR count). The molecule has 8 nitrogen and oxygen atoms in total. The summed E-state index contributed by atoms with van der Waals surface area (Å²) in [5.41, 5.74) is 0.739. The third-order valence-electron chi connectivity index (χ3n) is 5.31. The Bertz CT molecular complexity index is 1050. The van der Waals surface area contributed by atoms with Crippen molar-refractivity contribution in [3.63, 3.8) is 0 Å². The Morgan fingerprint density at radius 2 is 1.83 bits per heavy atom. The van der Waals surface area contributed by atoms with Crippen molar-refractivity contribution in [3.8, 4) is 0 Å². The van der Waals surface area contributed by atoms with E-state index in [1.807, 2.05) is 11.8 Å². The Kier molecular flexibility index (Phi) is 10.4. The second-order valence-corrected chi connectivity index (χ2v) is 8.15. The van der Waals surface area contributed by atoms with Crippen LogP contribution in [-0.4, -0.2) is 69.0 Å². The van der Waals surface area contributed by atoms with Crippen molar-refractivity contribution >= 4 is 47.2 Å². The molecule has 0 heterocycles. The van der Waals surface area contributed by atoms with Gasteiger partial charge in [-0.3, -0.25) is 19.5 Å². The quantitative estimate of drug-likeness (QED) is 0.153. The Balaban J connectivity index is 2.52. The number of rotatable bonds is 12. The van der Waals surface area contributed by atoms with E-state index < -0.39 is 18.2 Å². The number of hydrazone groups is 1. The van der Waals surface area contributed by atoms with Crippen molar-refractivity contribution in [2.45, 2.75) is 20.3 Å². The molecule has 0 spiro atoms. The minimum Gasteiger partial charge on any atom is -0.388 e.